The zero-order valence-corrected chi connectivity index (χ0v) is 9.38. The fourth-order valence-corrected chi connectivity index (χ4v) is 3.01. The first-order valence-electron chi connectivity index (χ1n) is 4.08. The van der Waals surface area contributed by atoms with Gasteiger partial charge in [0.2, 0.25) is 10.0 Å². The predicted molar refractivity (Wildman–Crippen MR) is 57.0 cm³/mol. The zero-order valence-electron chi connectivity index (χ0n) is 7.75. The van der Waals surface area contributed by atoms with E-state index in [1.54, 1.807) is 0 Å². The fraction of sp³-hybridized carbons (Fsp3) is 0.429. The molecule has 1 aromatic rings. The van der Waals surface area contributed by atoms with Gasteiger partial charge in [-0.3, -0.25) is 0 Å². The Bertz CT molecular complexity index is 414. The predicted octanol–water partition coefficient (Wildman–Crippen LogP) is -1.04. The number of nitrogens with one attached hydrogen (secondary N) is 1. The molecule has 15 heavy (non-hydrogen) atoms. The maximum absolute atomic E-state index is 11.5. The third kappa shape index (κ3) is 3.43. The summed E-state index contributed by atoms with van der Waals surface area (Å²) in [7, 11) is -3.63. The number of nitrogen functional groups attached to an aromatic ring is 1. The van der Waals surface area contributed by atoms with Crippen LogP contribution in [0.3, 0.4) is 0 Å². The second kappa shape index (κ2) is 4.90. The van der Waals surface area contributed by atoms with Crippen LogP contribution in [0.2, 0.25) is 0 Å². The fourth-order valence-electron chi connectivity index (χ4n) is 0.813. The van der Waals surface area contributed by atoms with E-state index in [4.69, 9.17) is 15.9 Å². The summed E-state index contributed by atoms with van der Waals surface area (Å²) < 4.78 is 25.3. The van der Waals surface area contributed by atoms with E-state index in [0.29, 0.717) is 5.69 Å². The molecule has 0 spiro atoms. The van der Waals surface area contributed by atoms with E-state index < -0.39 is 22.7 Å². The van der Waals surface area contributed by atoms with Crippen molar-refractivity contribution in [1.82, 2.24) is 4.72 Å². The average Bonchev–Trinajstić information content (AvgIpc) is 2.62. The molecule has 8 heteroatoms. The van der Waals surface area contributed by atoms with Crippen LogP contribution in [-0.2, 0) is 10.0 Å². The number of aliphatic hydroxyl groups excluding tert-OH is 2. The van der Waals surface area contributed by atoms with Crippen LogP contribution in [0, 0.1) is 0 Å². The molecule has 0 saturated heterocycles. The lowest BCUT2D eigenvalue weighted by molar-refractivity contribution is 0.0988. The van der Waals surface area contributed by atoms with Gasteiger partial charge < -0.3 is 15.9 Å². The maximum Gasteiger partial charge on any atom is 0.250 e. The SMILES string of the molecule is Nc1csc(S(=O)(=O)NCC(O)CO)c1. The molecule has 1 heterocycles. The molecule has 0 aliphatic carbocycles. The molecule has 0 saturated carbocycles. The number of anilines is 1. The smallest absolute Gasteiger partial charge is 0.250 e. The normalized spacial score (nSPS) is 14.0. The Balaban J connectivity index is 2.68. The van der Waals surface area contributed by atoms with E-state index in [2.05, 4.69) is 4.72 Å². The molecular formula is C7H12N2O4S2. The summed E-state index contributed by atoms with van der Waals surface area (Å²) in [6.07, 6.45) is -1.10. The van der Waals surface area contributed by atoms with Crippen molar-refractivity contribution in [3.05, 3.63) is 11.4 Å². The molecule has 0 radical (unpaired) electrons. The molecule has 86 valence electrons. The number of sulfonamides is 1. The topological polar surface area (TPSA) is 113 Å². The number of thiophene rings is 1. The number of rotatable bonds is 5. The van der Waals surface area contributed by atoms with Gasteiger partial charge in [0.1, 0.15) is 4.21 Å². The van der Waals surface area contributed by atoms with E-state index in [1.165, 1.54) is 11.4 Å². The van der Waals surface area contributed by atoms with Crippen LogP contribution < -0.4 is 10.5 Å². The van der Waals surface area contributed by atoms with Crippen LogP contribution in [0.1, 0.15) is 0 Å². The summed E-state index contributed by atoms with van der Waals surface area (Å²) in [5, 5.41) is 19.0. The van der Waals surface area contributed by atoms with Crippen LogP contribution in [0.15, 0.2) is 15.7 Å². The minimum atomic E-state index is -3.63. The van der Waals surface area contributed by atoms with E-state index >= 15 is 0 Å². The van der Waals surface area contributed by atoms with Gasteiger partial charge in [-0.15, -0.1) is 11.3 Å². The molecular weight excluding hydrogens is 240 g/mol. The van der Waals surface area contributed by atoms with Gasteiger partial charge in [0.25, 0.3) is 0 Å². The molecule has 0 aliphatic rings. The van der Waals surface area contributed by atoms with Crippen LogP contribution in [0.5, 0.6) is 0 Å². The van der Waals surface area contributed by atoms with Crippen molar-refractivity contribution in [2.75, 3.05) is 18.9 Å². The van der Waals surface area contributed by atoms with Gasteiger partial charge in [-0.25, -0.2) is 13.1 Å². The molecule has 1 rings (SSSR count). The number of hydrogen-bond donors (Lipinski definition) is 4. The highest BCUT2D eigenvalue weighted by Crippen LogP contribution is 2.21. The average molecular weight is 252 g/mol. The lowest BCUT2D eigenvalue weighted by atomic mass is 10.4. The van der Waals surface area contributed by atoms with E-state index in [0.717, 1.165) is 11.3 Å². The summed E-state index contributed by atoms with van der Waals surface area (Å²) in [5.41, 5.74) is 5.76. The van der Waals surface area contributed by atoms with Crippen molar-refractivity contribution < 1.29 is 18.6 Å². The summed E-state index contributed by atoms with van der Waals surface area (Å²) in [5.74, 6) is 0. The lowest BCUT2D eigenvalue weighted by Crippen LogP contribution is -2.33. The molecule has 0 fully saturated rings. The van der Waals surface area contributed by atoms with Crippen molar-refractivity contribution in [1.29, 1.82) is 0 Å². The number of hydrogen-bond acceptors (Lipinski definition) is 6. The monoisotopic (exact) mass is 252 g/mol. The highest BCUT2D eigenvalue weighted by Gasteiger charge is 2.17. The molecule has 0 aliphatic heterocycles. The van der Waals surface area contributed by atoms with Crippen LogP contribution in [0.4, 0.5) is 5.69 Å². The van der Waals surface area contributed by atoms with Gasteiger partial charge in [-0.1, -0.05) is 0 Å². The van der Waals surface area contributed by atoms with Gasteiger partial charge in [0.15, 0.2) is 0 Å². The second-order valence-corrected chi connectivity index (χ2v) is 5.79. The quantitative estimate of drug-likeness (QED) is 0.535. The third-order valence-electron chi connectivity index (χ3n) is 1.58. The van der Waals surface area contributed by atoms with Gasteiger partial charge in [0.05, 0.1) is 12.7 Å². The first-order chi connectivity index (χ1) is 6.95. The molecule has 1 atom stereocenters. The molecule has 0 bridgehead atoms. The van der Waals surface area contributed by atoms with Crippen molar-refractivity contribution in [2.45, 2.75) is 10.3 Å². The first kappa shape index (κ1) is 12.4. The Kier molecular flexibility index (Phi) is 4.05. The Morgan fingerprint density at radius 1 is 1.60 bits per heavy atom. The van der Waals surface area contributed by atoms with Gasteiger partial charge in [-0.05, 0) is 6.07 Å². The van der Waals surface area contributed by atoms with E-state index in [1.807, 2.05) is 0 Å². The Labute approximate surface area is 91.4 Å². The van der Waals surface area contributed by atoms with Gasteiger partial charge in [0, 0.05) is 17.6 Å². The first-order valence-corrected chi connectivity index (χ1v) is 6.44. The second-order valence-electron chi connectivity index (χ2n) is 2.89. The molecule has 6 nitrogen and oxygen atoms in total. The summed E-state index contributed by atoms with van der Waals surface area (Å²) in [6, 6.07) is 1.33. The van der Waals surface area contributed by atoms with Crippen molar-refractivity contribution >= 4 is 27.0 Å². The number of nitrogens with two attached hydrogens (primary N) is 1. The van der Waals surface area contributed by atoms with Crippen LogP contribution >= 0.6 is 11.3 Å². The third-order valence-corrected chi connectivity index (χ3v) is 4.46. The standard InChI is InChI=1S/C7H12N2O4S2/c8-5-1-7(14-4-5)15(12,13)9-2-6(11)3-10/h1,4,6,9-11H,2-3,8H2. The Hall–Kier alpha value is -0.670. The lowest BCUT2D eigenvalue weighted by Gasteiger charge is -2.08. The van der Waals surface area contributed by atoms with E-state index in [-0.39, 0.29) is 10.8 Å². The highest BCUT2D eigenvalue weighted by molar-refractivity contribution is 7.91. The Morgan fingerprint density at radius 3 is 2.73 bits per heavy atom. The zero-order chi connectivity index (χ0) is 11.5. The van der Waals surface area contributed by atoms with Gasteiger partial charge >= 0.3 is 0 Å². The molecule has 0 amide bonds. The largest absolute Gasteiger partial charge is 0.398 e. The summed E-state index contributed by atoms with van der Waals surface area (Å²) in [6.45, 7) is -0.717. The van der Waals surface area contributed by atoms with Crippen molar-refractivity contribution in [3.63, 3.8) is 0 Å². The van der Waals surface area contributed by atoms with Gasteiger partial charge in [-0.2, -0.15) is 0 Å². The Morgan fingerprint density at radius 2 is 2.27 bits per heavy atom. The molecule has 0 aromatic carbocycles. The van der Waals surface area contributed by atoms with Crippen molar-refractivity contribution in [2.24, 2.45) is 0 Å². The molecule has 1 aromatic heterocycles. The number of aliphatic hydroxyl groups is 2. The van der Waals surface area contributed by atoms with Crippen LogP contribution in [0.25, 0.3) is 0 Å². The highest BCUT2D eigenvalue weighted by atomic mass is 32.2. The minimum Gasteiger partial charge on any atom is -0.398 e. The summed E-state index contributed by atoms with van der Waals surface area (Å²) >= 11 is 0.996. The maximum atomic E-state index is 11.5. The van der Waals surface area contributed by atoms with E-state index in [9.17, 15) is 8.42 Å². The molecule has 5 N–H and O–H groups in total. The molecule has 1 unspecified atom stereocenters. The summed E-state index contributed by atoms with van der Waals surface area (Å²) in [4.78, 5) is 0. The van der Waals surface area contributed by atoms with Crippen molar-refractivity contribution in [3.8, 4) is 0 Å². The minimum absolute atomic E-state index is 0.0881. The van der Waals surface area contributed by atoms with Crippen LogP contribution in [-0.4, -0.2) is 37.9 Å².